The largest absolute Gasteiger partial charge is 0.464 e. The third-order valence-corrected chi connectivity index (χ3v) is 6.79. The second-order valence-electron chi connectivity index (χ2n) is 6.78. The van der Waals surface area contributed by atoms with Gasteiger partial charge >= 0.3 is 24.3 Å². The van der Waals surface area contributed by atoms with Crippen LogP contribution in [0.1, 0.15) is 0 Å². The molecule has 0 radical (unpaired) electrons. The number of hydrogen-bond acceptors (Lipinski definition) is 3. The highest BCUT2D eigenvalue weighted by molar-refractivity contribution is 6.93. The normalized spacial score (nSPS) is 16.8. The van der Waals surface area contributed by atoms with Crippen molar-refractivity contribution < 1.29 is 53.4 Å². The lowest BCUT2D eigenvalue weighted by atomic mass is 10.1. The van der Waals surface area contributed by atoms with E-state index in [1.807, 2.05) is 13.1 Å². The fourth-order valence-corrected chi connectivity index (χ4v) is 3.42. The molecule has 0 spiro atoms. The molecule has 14 heteroatoms. The zero-order valence-electron chi connectivity index (χ0n) is 16.0. The quantitative estimate of drug-likeness (QED) is 0.193. The van der Waals surface area contributed by atoms with E-state index < -0.39 is 45.2 Å². The van der Waals surface area contributed by atoms with Crippen LogP contribution in [-0.4, -0.2) is 51.6 Å². The molecule has 1 aromatic carbocycles. The van der Waals surface area contributed by atoms with Crippen LogP contribution in [0.15, 0.2) is 41.5 Å². The third kappa shape index (κ3) is 6.69. The first kappa shape index (κ1) is 26.9. The van der Waals surface area contributed by atoms with Gasteiger partial charge in [0.2, 0.25) is 0 Å². The molecule has 0 bridgehead atoms. The molecule has 31 heavy (non-hydrogen) atoms. The summed E-state index contributed by atoms with van der Waals surface area (Å²) in [7, 11) is -2.14. The van der Waals surface area contributed by atoms with E-state index >= 15 is 0 Å². The molecule has 0 fully saturated rings. The Morgan fingerprint density at radius 3 is 2.10 bits per heavy atom. The highest BCUT2D eigenvalue weighted by Crippen LogP contribution is 2.47. The summed E-state index contributed by atoms with van der Waals surface area (Å²) in [6, 6.07) is 5.74. The van der Waals surface area contributed by atoms with Crippen LogP contribution in [0.5, 0.6) is 0 Å². The molecule has 0 N–H and O–H groups in total. The summed E-state index contributed by atoms with van der Waals surface area (Å²) in [5, 5.41) is 0.700. The van der Waals surface area contributed by atoms with E-state index in [9.17, 15) is 43.9 Å². The van der Waals surface area contributed by atoms with Gasteiger partial charge in [-0.1, -0.05) is 36.1 Å². The summed E-state index contributed by atoms with van der Waals surface area (Å²) in [6.45, 7) is 4.38. The molecule has 3 nitrogen and oxygen atoms in total. The fourth-order valence-electron chi connectivity index (χ4n) is 2.14. The van der Waals surface area contributed by atoms with Crippen LogP contribution in [0.2, 0.25) is 13.1 Å². The first-order valence-electron chi connectivity index (χ1n) is 8.28. The number of alkyl halides is 10. The number of aliphatic imine (C=N–C) groups is 1. The second kappa shape index (κ2) is 9.18. The molecule has 0 amide bonds. The van der Waals surface area contributed by atoms with Gasteiger partial charge in [-0.05, 0) is 12.1 Å². The lowest BCUT2D eigenvalue weighted by Crippen LogP contribution is -2.62. The predicted octanol–water partition coefficient (Wildman–Crippen LogP) is 5.74. The highest BCUT2D eigenvalue weighted by atomic mass is 28.3. The van der Waals surface area contributed by atoms with Crippen molar-refractivity contribution in [1.29, 1.82) is 0 Å². The van der Waals surface area contributed by atoms with Crippen molar-refractivity contribution in [3.63, 3.8) is 0 Å². The van der Waals surface area contributed by atoms with Gasteiger partial charge in [0.05, 0.1) is 5.69 Å². The topological polar surface area (TPSA) is 30.8 Å². The van der Waals surface area contributed by atoms with Gasteiger partial charge in [-0.15, -0.1) is 6.58 Å². The number of nitrogens with zero attached hydrogens (tertiary/aromatic N) is 1. The zero-order valence-corrected chi connectivity index (χ0v) is 17.0. The van der Waals surface area contributed by atoms with E-state index in [1.165, 1.54) is 18.2 Å². The van der Waals surface area contributed by atoms with Gasteiger partial charge in [0.25, 0.3) is 6.10 Å². The molecule has 0 saturated carbocycles. The Bertz CT molecular complexity index is 794. The molecule has 0 aliphatic carbocycles. The second-order valence-corrected chi connectivity index (χ2v) is 11.2. The van der Waals surface area contributed by atoms with Gasteiger partial charge in [0.1, 0.15) is 8.07 Å². The van der Waals surface area contributed by atoms with Gasteiger partial charge in [-0.25, -0.2) is 9.38 Å². The van der Waals surface area contributed by atoms with Crippen molar-refractivity contribution in [2.24, 2.45) is 4.99 Å². The minimum Gasteiger partial charge on any atom is -0.464 e. The maximum absolute atomic E-state index is 14.2. The first-order valence-corrected chi connectivity index (χ1v) is 11.4. The Kier molecular flexibility index (Phi) is 7.98. The van der Waals surface area contributed by atoms with Crippen LogP contribution in [0, 0.1) is 0 Å². The van der Waals surface area contributed by atoms with E-state index in [0.29, 0.717) is 5.19 Å². The smallest absolute Gasteiger partial charge is 0.453 e. The first-order chi connectivity index (χ1) is 13.9. The molecule has 0 aliphatic heterocycles. The van der Waals surface area contributed by atoms with Gasteiger partial charge in [-0.2, -0.15) is 39.5 Å². The summed E-state index contributed by atoms with van der Waals surface area (Å²) in [5.74, 6) is -6.13. The van der Waals surface area contributed by atoms with Crippen molar-refractivity contribution in [2.75, 3.05) is 6.67 Å². The van der Waals surface area contributed by atoms with Crippen LogP contribution in [-0.2, 0) is 9.47 Å². The van der Waals surface area contributed by atoms with E-state index in [4.69, 9.17) is 0 Å². The summed E-state index contributed by atoms with van der Waals surface area (Å²) in [6.07, 6.45) is -23.2. The molecular weight excluding hydrogens is 468 g/mol. The van der Waals surface area contributed by atoms with Crippen LogP contribution in [0.3, 0.4) is 0 Å². The molecule has 2 unspecified atom stereocenters. The lowest BCUT2D eigenvalue weighted by molar-refractivity contribution is -0.451. The monoisotopic (exact) mass is 485 g/mol. The molecule has 2 atom stereocenters. The standard InChI is InChI=1S/C17H17F10NO2Si/c1-4-31(2,3)12-7-5-6-11(8-12)28-10-29-13(16(22,23)24)15(21,17(25,26)27)30-14(19,20)9-18/h4-8,10,13H,1,9H2,2-3H3. The number of halogens is 10. The van der Waals surface area contributed by atoms with Crippen molar-refractivity contribution in [2.45, 2.75) is 43.5 Å². The maximum atomic E-state index is 14.2. The summed E-state index contributed by atoms with van der Waals surface area (Å²) in [5.41, 5.74) is 1.60. The number of ether oxygens (including phenoxy) is 2. The predicted molar refractivity (Wildman–Crippen MR) is 94.7 cm³/mol. The van der Waals surface area contributed by atoms with Crippen LogP contribution in [0.25, 0.3) is 0 Å². The fraction of sp³-hybridized carbons (Fsp3) is 0.471. The zero-order chi connectivity index (χ0) is 24.3. The molecule has 0 aliphatic rings. The van der Waals surface area contributed by atoms with Crippen molar-refractivity contribution in [3.05, 3.63) is 36.5 Å². The van der Waals surface area contributed by atoms with Gasteiger partial charge in [-0.3, -0.25) is 4.74 Å². The SMILES string of the molecule is C=C[Si](C)(C)c1cccc(N=COC(C(F)(F)F)C(F)(OC(F)(F)CF)C(F)(F)F)c1. The molecule has 0 saturated heterocycles. The summed E-state index contributed by atoms with van der Waals surface area (Å²) >= 11 is 0. The number of hydrogen-bond donors (Lipinski definition) is 0. The Balaban J connectivity index is 3.30. The van der Waals surface area contributed by atoms with Gasteiger partial charge in [0.15, 0.2) is 13.1 Å². The van der Waals surface area contributed by atoms with Crippen LogP contribution >= 0.6 is 0 Å². The number of rotatable bonds is 9. The van der Waals surface area contributed by atoms with E-state index in [1.54, 1.807) is 11.8 Å². The van der Waals surface area contributed by atoms with Crippen molar-refractivity contribution in [3.8, 4) is 0 Å². The van der Waals surface area contributed by atoms with E-state index in [-0.39, 0.29) is 12.1 Å². The van der Waals surface area contributed by atoms with Gasteiger partial charge < -0.3 is 4.74 Å². The Labute approximate surface area is 171 Å². The minimum absolute atomic E-state index is 0.0766. The highest BCUT2D eigenvalue weighted by Gasteiger charge is 2.74. The van der Waals surface area contributed by atoms with Crippen LogP contribution in [0.4, 0.5) is 49.6 Å². The Hall–Kier alpha value is -2.09. The summed E-state index contributed by atoms with van der Waals surface area (Å²) in [4.78, 5) is 3.37. The van der Waals surface area contributed by atoms with E-state index in [2.05, 4.69) is 21.0 Å². The molecule has 1 rings (SSSR count). The average molecular weight is 485 g/mol. The Morgan fingerprint density at radius 2 is 1.65 bits per heavy atom. The molecule has 176 valence electrons. The minimum atomic E-state index is -6.67. The third-order valence-electron chi connectivity index (χ3n) is 3.97. The Morgan fingerprint density at radius 1 is 1.06 bits per heavy atom. The number of benzene rings is 1. The molecule has 1 aromatic rings. The molecular formula is C17H17F10NO2Si. The van der Waals surface area contributed by atoms with Crippen molar-refractivity contribution >= 4 is 25.3 Å². The average Bonchev–Trinajstić information content (AvgIpc) is 2.63. The molecule has 0 heterocycles. The van der Waals surface area contributed by atoms with Gasteiger partial charge in [0, 0.05) is 0 Å². The maximum Gasteiger partial charge on any atom is 0.453 e. The van der Waals surface area contributed by atoms with Crippen LogP contribution < -0.4 is 5.19 Å². The van der Waals surface area contributed by atoms with Crippen molar-refractivity contribution in [1.82, 2.24) is 0 Å². The lowest BCUT2D eigenvalue weighted by Gasteiger charge is -2.36. The van der Waals surface area contributed by atoms with E-state index in [0.717, 1.165) is 0 Å². The molecule has 0 aromatic heterocycles. The summed E-state index contributed by atoms with van der Waals surface area (Å²) < 4.78 is 137.